The second kappa shape index (κ2) is 4.98. The van der Waals surface area contributed by atoms with Gasteiger partial charge in [0.1, 0.15) is 11.9 Å². The molecule has 1 aromatic carbocycles. The fourth-order valence-corrected chi connectivity index (χ4v) is 3.82. The van der Waals surface area contributed by atoms with E-state index in [2.05, 4.69) is 0 Å². The van der Waals surface area contributed by atoms with Crippen LogP contribution in [0.25, 0.3) is 0 Å². The number of fused-ring (bicyclic) bond motifs is 1. The van der Waals surface area contributed by atoms with Gasteiger partial charge in [-0.1, -0.05) is 23.2 Å². The van der Waals surface area contributed by atoms with Crippen molar-refractivity contribution in [2.45, 2.75) is 19.4 Å². The molecule has 1 atom stereocenters. The SMILES string of the molecule is Cc1csc(C(O)c2cc(Cl)cc3c2OCC3)c1Cl. The maximum atomic E-state index is 10.6. The molecule has 1 aliphatic heterocycles. The molecule has 0 saturated heterocycles. The zero-order valence-electron chi connectivity index (χ0n) is 10.2. The first-order chi connectivity index (χ1) is 9.08. The fraction of sp³-hybridized carbons (Fsp3) is 0.286. The Hall–Kier alpha value is -0.740. The zero-order chi connectivity index (χ0) is 13.6. The summed E-state index contributed by atoms with van der Waals surface area (Å²) in [6, 6.07) is 3.64. The Morgan fingerprint density at radius 2 is 2.16 bits per heavy atom. The molecule has 5 heteroatoms. The molecular weight excluding hydrogens is 303 g/mol. The molecule has 0 aliphatic carbocycles. The van der Waals surface area contributed by atoms with Gasteiger partial charge in [-0.05, 0) is 35.6 Å². The number of hydrogen-bond donors (Lipinski definition) is 1. The highest BCUT2D eigenvalue weighted by molar-refractivity contribution is 7.10. The van der Waals surface area contributed by atoms with Gasteiger partial charge in [0.05, 0.1) is 16.5 Å². The van der Waals surface area contributed by atoms with E-state index in [0.29, 0.717) is 22.2 Å². The lowest BCUT2D eigenvalue weighted by atomic mass is 10.0. The summed E-state index contributed by atoms with van der Waals surface area (Å²) in [6.07, 6.45) is 0.0315. The predicted molar refractivity (Wildman–Crippen MR) is 78.8 cm³/mol. The third kappa shape index (κ3) is 2.25. The second-order valence-electron chi connectivity index (χ2n) is 4.58. The second-order valence-corrected chi connectivity index (χ2v) is 6.31. The predicted octanol–water partition coefficient (Wildman–Crippen LogP) is 4.38. The number of aliphatic hydroxyl groups is 1. The van der Waals surface area contributed by atoms with Crippen LogP contribution in [-0.2, 0) is 6.42 Å². The lowest BCUT2D eigenvalue weighted by Crippen LogP contribution is -2.01. The van der Waals surface area contributed by atoms with E-state index in [4.69, 9.17) is 27.9 Å². The van der Waals surface area contributed by atoms with Gasteiger partial charge < -0.3 is 9.84 Å². The fourth-order valence-electron chi connectivity index (χ4n) is 2.28. The summed E-state index contributed by atoms with van der Waals surface area (Å²) in [5.41, 5.74) is 2.72. The Labute approximate surface area is 125 Å². The van der Waals surface area contributed by atoms with Crippen LogP contribution < -0.4 is 4.74 Å². The van der Waals surface area contributed by atoms with Crippen molar-refractivity contribution >= 4 is 34.5 Å². The van der Waals surface area contributed by atoms with E-state index in [1.165, 1.54) is 11.3 Å². The number of benzene rings is 1. The summed E-state index contributed by atoms with van der Waals surface area (Å²) in [6.45, 7) is 2.56. The van der Waals surface area contributed by atoms with Crippen LogP contribution in [0.1, 0.15) is 27.7 Å². The normalized spacial score (nSPS) is 15.2. The highest BCUT2D eigenvalue weighted by atomic mass is 35.5. The molecule has 0 saturated carbocycles. The molecule has 0 amide bonds. The van der Waals surface area contributed by atoms with Gasteiger partial charge in [-0.15, -0.1) is 11.3 Å². The van der Waals surface area contributed by atoms with Gasteiger partial charge in [0.2, 0.25) is 0 Å². The summed E-state index contributed by atoms with van der Waals surface area (Å²) in [5, 5.41) is 13.7. The maximum absolute atomic E-state index is 10.6. The minimum atomic E-state index is -0.795. The van der Waals surface area contributed by atoms with Crippen molar-refractivity contribution in [3.05, 3.63) is 49.1 Å². The van der Waals surface area contributed by atoms with E-state index in [9.17, 15) is 5.11 Å². The largest absolute Gasteiger partial charge is 0.493 e. The topological polar surface area (TPSA) is 29.5 Å². The molecule has 2 aromatic rings. The minimum absolute atomic E-state index is 0.614. The zero-order valence-corrected chi connectivity index (χ0v) is 12.6. The summed E-state index contributed by atoms with van der Waals surface area (Å²) in [7, 11) is 0. The van der Waals surface area contributed by atoms with Crippen LogP contribution in [0.15, 0.2) is 17.5 Å². The Bertz CT molecular complexity index is 637. The molecule has 2 nitrogen and oxygen atoms in total. The summed E-state index contributed by atoms with van der Waals surface area (Å²) in [5.74, 6) is 0.749. The first-order valence-corrected chi connectivity index (χ1v) is 7.58. The van der Waals surface area contributed by atoms with E-state index in [-0.39, 0.29) is 0 Å². The molecule has 0 fully saturated rings. The molecule has 1 aliphatic rings. The van der Waals surface area contributed by atoms with Crippen LogP contribution in [-0.4, -0.2) is 11.7 Å². The van der Waals surface area contributed by atoms with Crippen LogP contribution in [0.5, 0.6) is 5.75 Å². The van der Waals surface area contributed by atoms with Crippen LogP contribution in [0.2, 0.25) is 10.0 Å². The summed E-state index contributed by atoms with van der Waals surface area (Å²) in [4.78, 5) is 0.735. The van der Waals surface area contributed by atoms with E-state index >= 15 is 0 Å². The first-order valence-electron chi connectivity index (χ1n) is 5.94. The van der Waals surface area contributed by atoms with Crippen molar-refractivity contribution in [2.75, 3.05) is 6.61 Å². The Kier molecular flexibility index (Phi) is 3.48. The number of hydrogen-bond acceptors (Lipinski definition) is 3. The van der Waals surface area contributed by atoms with Gasteiger partial charge in [-0.3, -0.25) is 0 Å². The van der Waals surface area contributed by atoms with E-state index in [1.54, 1.807) is 6.07 Å². The molecule has 2 heterocycles. The van der Waals surface area contributed by atoms with E-state index in [0.717, 1.165) is 28.2 Å². The Balaban J connectivity index is 2.10. The first kappa shape index (κ1) is 13.3. The standard InChI is InChI=1S/C14H12Cl2O2S/c1-7-6-19-14(11(7)16)12(17)10-5-9(15)4-8-2-3-18-13(8)10/h4-6,12,17H,2-3H2,1H3. The number of ether oxygens (including phenoxy) is 1. The van der Waals surface area contributed by atoms with Crippen LogP contribution in [0.4, 0.5) is 0 Å². The molecule has 1 N–H and O–H groups in total. The molecule has 1 aromatic heterocycles. The molecule has 1 unspecified atom stereocenters. The number of halogens is 2. The van der Waals surface area contributed by atoms with Gasteiger partial charge in [0.25, 0.3) is 0 Å². The van der Waals surface area contributed by atoms with E-state index < -0.39 is 6.10 Å². The van der Waals surface area contributed by atoms with Crippen molar-refractivity contribution in [3.8, 4) is 5.75 Å². The van der Waals surface area contributed by atoms with Crippen molar-refractivity contribution in [1.29, 1.82) is 0 Å². The van der Waals surface area contributed by atoms with Crippen LogP contribution >= 0.6 is 34.5 Å². The minimum Gasteiger partial charge on any atom is -0.493 e. The molecule has 100 valence electrons. The van der Waals surface area contributed by atoms with Gasteiger partial charge >= 0.3 is 0 Å². The van der Waals surface area contributed by atoms with Gasteiger partial charge in [-0.2, -0.15) is 0 Å². The highest BCUT2D eigenvalue weighted by Crippen LogP contribution is 2.42. The number of thiophene rings is 1. The van der Waals surface area contributed by atoms with Gasteiger partial charge in [0.15, 0.2) is 0 Å². The highest BCUT2D eigenvalue weighted by Gasteiger charge is 2.25. The molecular formula is C14H12Cl2O2S. The van der Waals surface area contributed by atoms with Crippen molar-refractivity contribution in [1.82, 2.24) is 0 Å². The lowest BCUT2D eigenvalue weighted by Gasteiger charge is -2.14. The number of aliphatic hydroxyl groups excluding tert-OH is 1. The molecule has 19 heavy (non-hydrogen) atoms. The average molecular weight is 315 g/mol. The number of aryl methyl sites for hydroxylation is 1. The van der Waals surface area contributed by atoms with Crippen molar-refractivity contribution in [2.24, 2.45) is 0 Å². The summed E-state index contributed by atoms with van der Waals surface area (Å²) < 4.78 is 5.62. The van der Waals surface area contributed by atoms with E-state index in [1.807, 2.05) is 18.4 Å². The quantitative estimate of drug-likeness (QED) is 0.891. The average Bonchev–Trinajstić information content (AvgIpc) is 2.96. The molecule has 0 bridgehead atoms. The van der Waals surface area contributed by atoms with Crippen molar-refractivity contribution < 1.29 is 9.84 Å². The van der Waals surface area contributed by atoms with Crippen LogP contribution in [0.3, 0.4) is 0 Å². The monoisotopic (exact) mass is 314 g/mol. The lowest BCUT2D eigenvalue weighted by molar-refractivity contribution is 0.217. The van der Waals surface area contributed by atoms with Crippen LogP contribution in [0, 0.1) is 6.92 Å². The van der Waals surface area contributed by atoms with Crippen molar-refractivity contribution in [3.63, 3.8) is 0 Å². The smallest absolute Gasteiger partial charge is 0.128 e. The third-order valence-corrected chi connectivity index (χ3v) is 5.23. The third-order valence-electron chi connectivity index (χ3n) is 3.25. The molecule has 3 rings (SSSR count). The Morgan fingerprint density at radius 3 is 2.84 bits per heavy atom. The molecule has 0 spiro atoms. The summed E-state index contributed by atoms with van der Waals surface area (Å²) >= 11 is 13.8. The van der Waals surface area contributed by atoms with Gasteiger partial charge in [0, 0.05) is 17.0 Å². The Morgan fingerprint density at radius 1 is 1.37 bits per heavy atom. The molecule has 0 radical (unpaired) electrons. The van der Waals surface area contributed by atoms with Gasteiger partial charge in [-0.25, -0.2) is 0 Å². The maximum Gasteiger partial charge on any atom is 0.128 e. The number of rotatable bonds is 2.